The second kappa shape index (κ2) is 12.3. The van der Waals surface area contributed by atoms with Gasteiger partial charge >= 0.3 is 6.03 Å². The van der Waals surface area contributed by atoms with Gasteiger partial charge in [-0.05, 0) is 68.3 Å². The molecule has 0 aliphatic carbocycles. The van der Waals surface area contributed by atoms with E-state index in [9.17, 15) is 4.79 Å². The summed E-state index contributed by atoms with van der Waals surface area (Å²) < 4.78 is 5.83. The molecule has 7 nitrogen and oxygen atoms in total. The van der Waals surface area contributed by atoms with E-state index in [1.807, 2.05) is 55.5 Å². The smallest absolute Gasteiger partial charge is 0.319 e. The highest BCUT2D eigenvalue weighted by Crippen LogP contribution is 2.23. The number of unbranched alkanes of at least 4 members (excludes halogenated alkanes) is 1. The molecule has 1 saturated heterocycles. The molecule has 3 rings (SSSR count). The Labute approximate surface area is 185 Å². The SMILES string of the molecule is Cc1cccc(Oc2ccc(NC(=O)NCCCCN3CCN(CCO)CC3)cc2)c1. The van der Waals surface area contributed by atoms with Crippen LogP contribution in [0.5, 0.6) is 11.5 Å². The van der Waals surface area contributed by atoms with Gasteiger partial charge in [-0.2, -0.15) is 0 Å². The number of benzene rings is 2. The number of anilines is 1. The van der Waals surface area contributed by atoms with E-state index in [0.29, 0.717) is 6.54 Å². The zero-order chi connectivity index (χ0) is 21.9. The zero-order valence-corrected chi connectivity index (χ0v) is 18.3. The van der Waals surface area contributed by atoms with Crippen LogP contribution in [0.4, 0.5) is 10.5 Å². The summed E-state index contributed by atoms with van der Waals surface area (Å²) >= 11 is 0. The fourth-order valence-corrected chi connectivity index (χ4v) is 3.64. The van der Waals surface area contributed by atoms with Gasteiger partial charge in [0.05, 0.1) is 6.61 Å². The van der Waals surface area contributed by atoms with E-state index in [4.69, 9.17) is 9.84 Å². The molecule has 31 heavy (non-hydrogen) atoms. The molecule has 0 radical (unpaired) electrons. The molecular formula is C24H34N4O3. The molecule has 0 atom stereocenters. The maximum atomic E-state index is 12.1. The minimum Gasteiger partial charge on any atom is -0.457 e. The Balaban J connectivity index is 1.28. The summed E-state index contributed by atoms with van der Waals surface area (Å²) in [5.74, 6) is 1.53. The number of nitrogens with one attached hydrogen (secondary N) is 2. The molecule has 7 heteroatoms. The first-order chi connectivity index (χ1) is 15.1. The summed E-state index contributed by atoms with van der Waals surface area (Å²) in [5, 5.41) is 14.8. The van der Waals surface area contributed by atoms with Crippen molar-refractivity contribution in [3.8, 4) is 11.5 Å². The number of carbonyl (C=O) groups is 1. The largest absolute Gasteiger partial charge is 0.457 e. The van der Waals surface area contributed by atoms with Crippen LogP contribution in [0.1, 0.15) is 18.4 Å². The average molecular weight is 427 g/mol. The van der Waals surface area contributed by atoms with Crippen LogP contribution in [0.25, 0.3) is 0 Å². The highest BCUT2D eigenvalue weighted by atomic mass is 16.5. The van der Waals surface area contributed by atoms with Gasteiger partial charge in [-0.3, -0.25) is 4.90 Å². The van der Waals surface area contributed by atoms with Crippen molar-refractivity contribution in [2.24, 2.45) is 0 Å². The van der Waals surface area contributed by atoms with Crippen molar-refractivity contribution in [2.45, 2.75) is 19.8 Å². The van der Waals surface area contributed by atoms with Crippen LogP contribution in [-0.4, -0.2) is 73.4 Å². The average Bonchev–Trinajstić information content (AvgIpc) is 2.76. The lowest BCUT2D eigenvalue weighted by Crippen LogP contribution is -2.47. The molecule has 1 heterocycles. The van der Waals surface area contributed by atoms with Gasteiger partial charge in [-0.25, -0.2) is 4.79 Å². The highest BCUT2D eigenvalue weighted by Gasteiger charge is 2.15. The van der Waals surface area contributed by atoms with E-state index in [0.717, 1.165) is 74.9 Å². The van der Waals surface area contributed by atoms with Crippen LogP contribution in [0.3, 0.4) is 0 Å². The summed E-state index contributed by atoms with van der Waals surface area (Å²) in [6.07, 6.45) is 2.01. The predicted octanol–water partition coefficient (Wildman–Crippen LogP) is 3.30. The van der Waals surface area contributed by atoms with E-state index in [1.165, 1.54) is 0 Å². The zero-order valence-electron chi connectivity index (χ0n) is 18.3. The second-order valence-corrected chi connectivity index (χ2v) is 7.94. The molecule has 168 valence electrons. The topological polar surface area (TPSA) is 77.1 Å². The van der Waals surface area contributed by atoms with Crippen LogP contribution in [-0.2, 0) is 0 Å². The third-order valence-corrected chi connectivity index (χ3v) is 5.41. The molecule has 3 N–H and O–H groups in total. The van der Waals surface area contributed by atoms with E-state index in [1.54, 1.807) is 0 Å². The first-order valence-corrected chi connectivity index (χ1v) is 11.1. The van der Waals surface area contributed by atoms with Gasteiger partial charge in [0, 0.05) is 45.0 Å². The lowest BCUT2D eigenvalue weighted by Gasteiger charge is -2.34. The monoisotopic (exact) mass is 426 g/mol. The molecule has 0 aromatic heterocycles. The molecule has 2 aromatic rings. The maximum Gasteiger partial charge on any atom is 0.319 e. The Hall–Kier alpha value is -2.61. The Morgan fingerprint density at radius 2 is 1.68 bits per heavy atom. The fourth-order valence-electron chi connectivity index (χ4n) is 3.64. The van der Waals surface area contributed by atoms with Gasteiger partial charge in [-0.15, -0.1) is 0 Å². The Bertz CT molecular complexity index is 805. The highest BCUT2D eigenvalue weighted by molar-refractivity contribution is 5.89. The number of hydrogen-bond acceptors (Lipinski definition) is 5. The van der Waals surface area contributed by atoms with Crippen molar-refractivity contribution in [1.82, 2.24) is 15.1 Å². The summed E-state index contributed by atoms with van der Waals surface area (Å²) in [6, 6.07) is 15.1. The van der Waals surface area contributed by atoms with Crippen LogP contribution < -0.4 is 15.4 Å². The number of nitrogens with zero attached hydrogens (tertiary/aromatic N) is 2. The van der Waals surface area contributed by atoms with Crippen molar-refractivity contribution >= 4 is 11.7 Å². The summed E-state index contributed by atoms with van der Waals surface area (Å²) in [5.41, 5.74) is 1.88. The molecule has 0 unspecified atom stereocenters. The summed E-state index contributed by atoms with van der Waals surface area (Å²) in [6.45, 7) is 8.90. The molecule has 0 saturated carbocycles. The quantitative estimate of drug-likeness (QED) is 0.508. The normalized spacial score (nSPS) is 14.9. The number of aryl methyl sites for hydroxylation is 1. The third kappa shape index (κ3) is 8.20. The number of aliphatic hydroxyl groups is 1. The number of ether oxygens (including phenoxy) is 1. The van der Waals surface area contributed by atoms with E-state index in [-0.39, 0.29) is 12.6 Å². The Morgan fingerprint density at radius 1 is 0.968 bits per heavy atom. The number of urea groups is 1. The molecule has 0 spiro atoms. The number of amides is 2. The molecule has 1 aliphatic heterocycles. The van der Waals surface area contributed by atoms with Crippen LogP contribution in [0.2, 0.25) is 0 Å². The maximum absolute atomic E-state index is 12.1. The molecule has 2 aromatic carbocycles. The van der Waals surface area contributed by atoms with E-state index >= 15 is 0 Å². The van der Waals surface area contributed by atoms with Crippen molar-refractivity contribution in [2.75, 3.05) is 57.7 Å². The molecular weight excluding hydrogens is 392 g/mol. The summed E-state index contributed by atoms with van der Waals surface area (Å²) in [7, 11) is 0. The van der Waals surface area contributed by atoms with Crippen molar-refractivity contribution in [3.63, 3.8) is 0 Å². The van der Waals surface area contributed by atoms with Crippen molar-refractivity contribution < 1.29 is 14.6 Å². The van der Waals surface area contributed by atoms with Gasteiger partial charge in [0.1, 0.15) is 11.5 Å². The van der Waals surface area contributed by atoms with E-state index in [2.05, 4.69) is 20.4 Å². The minimum absolute atomic E-state index is 0.190. The molecule has 0 bridgehead atoms. The molecule has 2 amide bonds. The Kier molecular flexibility index (Phi) is 9.15. The molecule has 1 aliphatic rings. The van der Waals surface area contributed by atoms with Crippen molar-refractivity contribution in [1.29, 1.82) is 0 Å². The van der Waals surface area contributed by atoms with Gasteiger partial charge in [-0.1, -0.05) is 12.1 Å². The van der Waals surface area contributed by atoms with Crippen molar-refractivity contribution in [3.05, 3.63) is 54.1 Å². The lowest BCUT2D eigenvalue weighted by molar-refractivity contribution is 0.111. The third-order valence-electron chi connectivity index (χ3n) is 5.41. The van der Waals surface area contributed by atoms with Gasteiger partial charge < -0.3 is 25.4 Å². The second-order valence-electron chi connectivity index (χ2n) is 7.94. The summed E-state index contributed by atoms with van der Waals surface area (Å²) in [4.78, 5) is 16.8. The Morgan fingerprint density at radius 3 is 2.35 bits per heavy atom. The van der Waals surface area contributed by atoms with Crippen LogP contribution >= 0.6 is 0 Å². The number of carbonyl (C=O) groups excluding carboxylic acids is 1. The standard InChI is InChI=1S/C24H34N4O3/c1-20-5-4-6-23(19-20)31-22-9-7-21(8-10-22)26-24(30)25-11-2-3-12-27-13-15-28(16-14-27)17-18-29/h4-10,19,29H,2-3,11-18H2,1H3,(H2,25,26,30). The predicted molar refractivity (Wildman–Crippen MR) is 124 cm³/mol. The number of rotatable bonds is 10. The fraction of sp³-hybridized carbons (Fsp3) is 0.458. The number of hydrogen-bond donors (Lipinski definition) is 3. The molecule has 1 fully saturated rings. The first kappa shape index (κ1) is 23.1. The van der Waals surface area contributed by atoms with E-state index < -0.39 is 0 Å². The van der Waals surface area contributed by atoms with Gasteiger partial charge in [0.15, 0.2) is 0 Å². The van der Waals surface area contributed by atoms with Crippen LogP contribution in [0.15, 0.2) is 48.5 Å². The van der Waals surface area contributed by atoms with Crippen LogP contribution in [0, 0.1) is 6.92 Å². The lowest BCUT2D eigenvalue weighted by atomic mass is 10.2. The number of piperazine rings is 1. The van der Waals surface area contributed by atoms with Gasteiger partial charge in [0.25, 0.3) is 0 Å². The number of aliphatic hydroxyl groups excluding tert-OH is 1. The van der Waals surface area contributed by atoms with Gasteiger partial charge in [0.2, 0.25) is 0 Å². The first-order valence-electron chi connectivity index (χ1n) is 11.1. The minimum atomic E-state index is -0.190. The number of β-amino-alcohol motifs (C(OH)–C–C–N with tert-alkyl or cyclic N) is 1.